The van der Waals surface area contributed by atoms with Crippen molar-refractivity contribution >= 4 is 17.5 Å². The molecule has 0 saturated carbocycles. The summed E-state index contributed by atoms with van der Waals surface area (Å²) in [5.74, 6) is 1.23. The fraction of sp³-hybridized carbons (Fsp3) is 0.250. The van der Waals surface area contributed by atoms with Gasteiger partial charge in [0.05, 0.1) is 6.20 Å². The zero-order valence-electron chi connectivity index (χ0n) is 14.7. The number of nitrogens with zero attached hydrogens (tertiary/aromatic N) is 3. The lowest BCUT2D eigenvalue weighted by molar-refractivity contribution is 0.928. The molecule has 0 saturated heterocycles. The maximum Gasteiger partial charge on any atom is 0.244 e. The first-order valence-electron chi connectivity index (χ1n) is 8.59. The van der Waals surface area contributed by atoms with Crippen LogP contribution in [0.15, 0.2) is 54.7 Å². The third kappa shape index (κ3) is 4.53. The monoisotopic (exact) mass is 333 g/mol. The van der Waals surface area contributed by atoms with Crippen molar-refractivity contribution in [3.05, 3.63) is 71.4 Å². The topological polar surface area (TPSA) is 62.7 Å². The predicted octanol–water partition coefficient (Wildman–Crippen LogP) is 4.14. The Morgan fingerprint density at radius 3 is 2.64 bits per heavy atom. The molecule has 3 rings (SSSR count). The van der Waals surface area contributed by atoms with Crippen LogP contribution in [-0.4, -0.2) is 21.7 Å². The fourth-order valence-electron chi connectivity index (χ4n) is 2.73. The molecule has 1 heterocycles. The summed E-state index contributed by atoms with van der Waals surface area (Å²) in [5.41, 5.74) is 4.83. The lowest BCUT2D eigenvalue weighted by Gasteiger charge is -2.13. The number of hydrogen-bond acceptors (Lipinski definition) is 5. The third-order valence-electron chi connectivity index (χ3n) is 4.09. The van der Waals surface area contributed by atoms with Gasteiger partial charge in [-0.15, -0.1) is 5.10 Å². The van der Waals surface area contributed by atoms with Crippen LogP contribution in [0.1, 0.15) is 23.6 Å². The van der Waals surface area contributed by atoms with E-state index in [-0.39, 0.29) is 0 Å². The van der Waals surface area contributed by atoms with E-state index in [4.69, 9.17) is 0 Å². The van der Waals surface area contributed by atoms with Crippen LogP contribution in [0, 0.1) is 6.92 Å². The summed E-state index contributed by atoms with van der Waals surface area (Å²) >= 11 is 0. The Morgan fingerprint density at radius 2 is 1.84 bits per heavy atom. The summed E-state index contributed by atoms with van der Waals surface area (Å²) in [6.07, 6.45) is 3.53. The Labute approximate surface area is 148 Å². The first kappa shape index (κ1) is 16.9. The Hall–Kier alpha value is -2.95. The van der Waals surface area contributed by atoms with Gasteiger partial charge in [-0.25, -0.2) is 0 Å². The van der Waals surface area contributed by atoms with Gasteiger partial charge in [0.1, 0.15) is 0 Å². The van der Waals surface area contributed by atoms with Crippen LogP contribution in [0.4, 0.5) is 17.5 Å². The summed E-state index contributed by atoms with van der Waals surface area (Å²) < 4.78 is 0. The lowest BCUT2D eigenvalue weighted by Crippen LogP contribution is -2.10. The highest BCUT2D eigenvalue weighted by Gasteiger charge is 2.07. The number of para-hydroxylation sites is 1. The smallest absolute Gasteiger partial charge is 0.244 e. The molecule has 0 fully saturated rings. The van der Waals surface area contributed by atoms with Crippen LogP contribution in [0.2, 0.25) is 0 Å². The molecule has 25 heavy (non-hydrogen) atoms. The zero-order chi connectivity index (χ0) is 17.5. The van der Waals surface area contributed by atoms with E-state index in [1.54, 1.807) is 6.20 Å². The highest BCUT2D eigenvalue weighted by molar-refractivity contribution is 5.64. The van der Waals surface area contributed by atoms with E-state index in [0.717, 1.165) is 25.1 Å². The summed E-state index contributed by atoms with van der Waals surface area (Å²) in [6.45, 7) is 5.00. The minimum Gasteiger partial charge on any atom is -0.353 e. The normalized spacial score (nSPS) is 10.5. The number of benzene rings is 2. The van der Waals surface area contributed by atoms with Gasteiger partial charge < -0.3 is 10.6 Å². The molecule has 0 unspecified atom stereocenters. The Kier molecular flexibility index (Phi) is 5.57. The van der Waals surface area contributed by atoms with E-state index in [9.17, 15) is 0 Å². The number of aromatic nitrogens is 3. The second-order valence-electron chi connectivity index (χ2n) is 5.92. The van der Waals surface area contributed by atoms with Crippen LogP contribution in [0.5, 0.6) is 0 Å². The predicted molar refractivity (Wildman–Crippen MR) is 102 cm³/mol. The van der Waals surface area contributed by atoms with Gasteiger partial charge in [-0.3, -0.25) is 0 Å². The molecular weight excluding hydrogens is 310 g/mol. The molecule has 2 N–H and O–H groups in total. The number of hydrogen-bond donors (Lipinski definition) is 2. The van der Waals surface area contributed by atoms with Gasteiger partial charge in [-0.1, -0.05) is 55.5 Å². The summed E-state index contributed by atoms with van der Waals surface area (Å²) in [4.78, 5) is 4.52. The van der Waals surface area contributed by atoms with Crippen molar-refractivity contribution in [2.24, 2.45) is 0 Å². The van der Waals surface area contributed by atoms with Crippen molar-refractivity contribution in [2.45, 2.75) is 26.7 Å². The minimum atomic E-state index is 0.535. The van der Waals surface area contributed by atoms with E-state index >= 15 is 0 Å². The van der Waals surface area contributed by atoms with E-state index < -0.39 is 0 Å². The maximum absolute atomic E-state index is 4.52. The van der Waals surface area contributed by atoms with Crippen molar-refractivity contribution in [1.29, 1.82) is 0 Å². The molecule has 0 aliphatic carbocycles. The molecule has 0 amide bonds. The SMILES string of the molecule is CCc1cccc(C)c1Nc1cnnc(NCCc2ccccc2)n1. The van der Waals surface area contributed by atoms with Crippen LogP contribution >= 0.6 is 0 Å². The second kappa shape index (κ2) is 8.24. The van der Waals surface area contributed by atoms with Crippen molar-refractivity contribution in [3.63, 3.8) is 0 Å². The molecule has 0 radical (unpaired) electrons. The Bertz CT molecular complexity index is 817. The fourth-order valence-corrected chi connectivity index (χ4v) is 2.73. The number of aryl methyl sites for hydroxylation is 2. The quantitative estimate of drug-likeness (QED) is 0.680. The number of nitrogens with one attached hydrogen (secondary N) is 2. The number of anilines is 3. The molecule has 0 atom stereocenters. The van der Waals surface area contributed by atoms with Crippen molar-refractivity contribution < 1.29 is 0 Å². The summed E-state index contributed by atoms with van der Waals surface area (Å²) in [5, 5.41) is 14.7. The van der Waals surface area contributed by atoms with Gasteiger partial charge in [0.25, 0.3) is 0 Å². The molecule has 0 aliphatic rings. The highest BCUT2D eigenvalue weighted by atomic mass is 15.3. The molecule has 0 spiro atoms. The van der Waals surface area contributed by atoms with Crippen LogP contribution in [0.25, 0.3) is 0 Å². The molecule has 0 aliphatic heterocycles. The first-order valence-corrected chi connectivity index (χ1v) is 8.59. The average molecular weight is 333 g/mol. The third-order valence-corrected chi connectivity index (χ3v) is 4.09. The van der Waals surface area contributed by atoms with Gasteiger partial charge in [0.15, 0.2) is 5.82 Å². The second-order valence-corrected chi connectivity index (χ2v) is 5.92. The molecular formula is C20H23N5. The van der Waals surface area contributed by atoms with Gasteiger partial charge in [-0.05, 0) is 36.5 Å². The largest absolute Gasteiger partial charge is 0.353 e. The molecule has 5 nitrogen and oxygen atoms in total. The van der Waals surface area contributed by atoms with Crippen LogP contribution < -0.4 is 10.6 Å². The minimum absolute atomic E-state index is 0.535. The van der Waals surface area contributed by atoms with E-state index in [1.165, 1.54) is 16.7 Å². The van der Waals surface area contributed by atoms with Gasteiger partial charge in [0.2, 0.25) is 5.95 Å². The van der Waals surface area contributed by atoms with Crippen LogP contribution in [-0.2, 0) is 12.8 Å². The van der Waals surface area contributed by atoms with Gasteiger partial charge in [-0.2, -0.15) is 10.1 Å². The molecule has 1 aromatic heterocycles. The van der Waals surface area contributed by atoms with Crippen molar-refractivity contribution in [2.75, 3.05) is 17.2 Å². The molecule has 128 valence electrons. The Balaban J connectivity index is 1.66. The molecule has 3 aromatic rings. The summed E-state index contributed by atoms with van der Waals surface area (Å²) in [6, 6.07) is 16.6. The molecule has 0 bridgehead atoms. The molecule has 5 heteroatoms. The standard InChI is InChI=1S/C20H23N5/c1-3-17-11-7-8-15(2)19(17)23-18-14-22-25-20(24-18)21-13-12-16-9-5-4-6-10-16/h4-11,14H,3,12-13H2,1-2H3,(H2,21,23,24,25). The Morgan fingerprint density at radius 1 is 1.00 bits per heavy atom. The van der Waals surface area contributed by atoms with Crippen LogP contribution in [0.3, 0.4) is 0 Å². The van der Waals surface area contributed by atoms with Gasteiger partial charge >= 0.3 is 0 Å². The first-order chi connectivity index (χ1) is 12.3. The van der Waals surface area contributed by atoms with Crippen molar-refractivity contribution in [3.8, 4) is 0 Å². The van der Waals surface area contributed by atoms with Gasteiger partial charge in [0, 0.05) is 12.2 Å². The lowest BCUT2D eigenvalue weighted by atomic mass is 10.1. The van der Waals surface area contributed by atoms with E-state index in [0.29, 0.717) is 11.8 Å². The van der Waals surface area contributed by atoms with E-state index in [2.05, 4.69) is 70.0 Å². The maximum atomic E-state index is 4.52. The highest BCUT2D eigenvalue weighted by Crippen LogP contribution is 2.24. The van der Waals surface area contributed by atoms with E-state index in [1.807, 2.05) is 18.2 Å². The average Bonchev–Trinajstić information content (AvgIpc) is 2.65. The van der Waals surface area contributed by atoms with Crippen molar-refractivity contribution in [1.82, 2.24) is 15.2 Å². The zero-order valence-corrected chi connectivity index (χ0v) is 14.7. The molecule has 2 aromatic carbocycles. The number of rotatable bonds is 7. The summed E-state index contributed by atoms with van der Waals surface area (Å²) in [7, 11) is 0.